The molecule has 1 saturated carbocycles. The van der Waals surface area contributed by atoms with Gasteiger partial charge in [-0.15, -0.1) is 0 Å². The number of benzene rings is 1. The van der Waals surface area contributed by atoms with Crippen LogP contribution in [0.25, 0.3) is 0 Å². The number of H-pyrrole nitrogens is 1. The number of rotatable bonds is 3. The number of halogens is 3. The molecule has 1 aromatic carbocycles. The van der Waals surface area contributed by atoms with Crippen LogP contribution in [0.5, 0.6) is 0 Å². The van der Waals surface area contributed by atoms with Gasteiger partial charge in [0.1, 0.15) is 0 Å². The first-order valence-corrected chi connectivity index (χ1v) is 8.96. The van der Waals surface area contributed by atoms with Crippen LogP contribution in [-0.2, 0) is 11.8 Å². The van der Waals surface area contributed by atoms with Crippen molar-refractivity contribution < 1.29 is 18.3 Å². The van der Waals surface area contributed by atoms with Gasteiger partial charge in [-0.3, -0.25) is 5.10 Å². The largest absolute Gasteiger partial charge is 0.416 e. The number of aromatic amines is 1. The van der Waals surface area contributed by atoms with Gasteiger partial charge in [-0.25, -0.2) is 0 Å². The van der Waals surface area contributed by atoms with Crippen LogP contribution < -0.4 is 5.32 Å². The summed E-state index contributed by atoms with van der Waals surface area (Å²) in [7, 11) is 0. The molecule has 26 heavy (non-hydrogen) atoms. The first kappa shape index (κ1) is 17.5. The van der Waals surface area contributed by atoms with Crippen LogP contribution in [-0.4, -0.2) is 21.3 Å². The van der Waals surface area contributed by atoms with Gasteiger partial charge in [0, 0.05) is 18.4 Å². The van der Waals surface area contributed by atoms with Gasteiger partial charge in [0.25, 0.3) is 0 Å². The Morgan fingerprint density at radius 1 is 1.15 bits per heavy atom. The Morgan fingerprint density at radius 2 is 1.85 bits per heavy atom. The molecule has 0 spiro atoms. The minimum atomic E-state index is -4.37. The van der Waals surface area contributed by atoms with Crippen molar-refractivity contribution in [2.24, 2.45) is 0 Å². The number of aliphatic hydroxyl groups is 1. The van der Waals surface area contributed by atoms with Crippen LogP contribution in [0, 0.1) is 0 Å². The maximum absolute atomic E-state index is 12.8. The third-order valence-electron chi connectivity index (χ3n) is 5.41. The zero-order valence-electron chi connectivity index (χ0n) is 14.5. The second-order valence-corrected chi connectivity index (χ2v) is 7.66. The van der Waals surface area contributed by atoms with Crippen LogP contribution in [0.4, 0.5) is 13.2 Å². The van der Waals surface area contributed by atoms with E-state index in [2.05, 4.69) is 15.5 Å². The molecule has 0 amide bonds. The highest BCUT2D eigenvalue weighted by atomic mass is 19.4. The lowest BCUT2D eigenvalue weighted by Gasteiger charge is -2.41. The summed E-state index contributed by atoms with van der Waals surface area (Å²) in [6, 6.07) is 6.80. The molecule has 7 heteroatoms. The van der Waals surface area contributed by atoms with Crippen LogP contribution in [0.2, 0.25) is 0 Å². The summed E-state index contributed by atoms with van der Waals surface area (Å²) in [5.41, 5.74) is 0.614. The Kier molecular flexibility index (Phi) is 4.11. The van der Waals surface area contributed by atoms with Crippen molar-refractivity contribution in [2.45, 2.75) is 62.4 Å². The van der Waals surface area contributed by atoms with E-state index in [-0.39, 0.29) is 12.1 Å². The van der Waals surface area contributed by atoms with E-state index in [9.17, 15) is 18.3 Å². The average molecular weight is 365 g/mol. The van der Waals surface area contributed by atoms with Gasteiger partial charge in [-0.1, -0.05) is 12.1 Å². The van der Waals surface area contributed by atoms with Gasteiger partial charge in [0.05, 0.1) is 28.6 Å². The predicted molar refractivity (Wildman–Crippen MR) is 90.5 cm³/mol. The lowest BCUT2D eigenvalue weighted by atomic mass is 9.78. The van der Waals surface area contributed by atoms with Crippen molar-refractivity contribution >= 4 is 0 Å². The Morgan fingerprint density at radius 3 is 2.46 bits per heavy atom. The van der Waals surface area contributed by atoms with Crippen LogP contribution in [0.3, 0.4) is 0 Å². The fourth-order valence-electron chi connectivity index (χ4n) is 3.91. The number of aromatic nitrogens is 2. The monoisotopic (exact) mass is 365 g/mol. The van der Waals surface area contributed by atoms with Gasteiger partial charge >= 0.3 is 6.18 Å². The zero-order valence-corrected chi connectivity index (χ0v) is 14.5. The van der Waals surface area contributed by atoms with Crippen molar-refractivity contribution in [3.8, 4) is 0 Å². The highest BCUT2D eigenvalue weighted by Gasteiger charge is 2.41. The smallest absolute Gasteiger partial charge is 0.385 e. The number of hydrogen-bond donors (Lipinski definition) is 3. The molecule has 0 bridgehead atoms. The standard InChI is InChI=1S/C19H22F3N3O/c1-11-9-18(26,13-4-6-14(7-5-13)19(20,21)22)10-17(23-11)16-8-15(24-25-16)12-2-3-12/h4-8,11-12,17,23,26H,2-3,9-10H2,1H3,(H,24,25)/t11-,17-,18?/m0/s1. The maximum atomic E-state index is 12.8. The third-order valence-corrected chi connectivity index (χ3v) is 5.41. The number of nitrogens with one attached hydrogen (secondary N) is 2. The first-order chi connectivity index (χ1) is 12.2. The zero-order chi connectivity index (χ0) is 18.5. The lowest BCUT2D eigenvalue weighted by molar-refractivity contribution is -0.137. The molecule has 2 heterocycles. The van der Waals surface area contributed by atoms with Crippen LogP contribution in [0.15, 0.2) is 30.3 Å². The topological polar surface area (TPSA) is 60.9 Å². The molecule has 1 aliphatic heterocycles. The fraction of sp³-hybridized carbons (Fsp3) is 0.526. The van der Waals surface area contributed by atoms with E-state index in [0.717, 1.165) is 36.4 Å². The number of piperidine rings is 1. The second kappa shape index (κ2) is 6.09. The molecule has 1 saturated heterocycles. The number of hydrogen-bond acceptors (Lipinski definition) is 3. The summed E-state index contributed by atoms with van der Waals surface area (Å²) in [5.74, 6) is 0.537. The summed E-state index contributed by atoms with van der Waals surface area (Å²) in [5, 5.41) is 22.1. The molecule has 0 radical (unpaired) electrons. The highest BCUT2D eigenvalue weighted by Crippen LogP contribution is 2.43. The van der Waals surface area contributed by atoms with Gasteiger partial charge in [-0.05, 0) is 49.9 Å². The van der Waals surface area contributed by atoms with Crippen molar-refractivity contribution in [3.63, 3.8) is 0 Å². The fourth-order valence-corrected chi connectivity index (χ4v) is 3.91. The molecule has 3 N–H and O–H groups in total. The normalized spacial score (nSPS) is 29.7. The van der Waals surface area contributed by atoms with Gasteiger partial charge in [-0.2, -0.15) is 18.3 Å². The third kappa shape index (κ3) is 3.38. The van der Waals surface area contributed by atoms with Crippen molar-refractivity contribution in [2.75, 3.05) is 0 Å². The molecule has 3 atom stereocenters. The van der Waals surface area contributed by atoms with Crippen LogP contribution >= 0.6 is 0 Å². The van der Waals surface area contributed by atoms with Gasteiger partial charge in [0.15, 0.2) is 0 Å². The Hall–Kier alpha value is -1.86. The van der Waals surface area contributed by atoms with Crippen molar-refractivity contribution in [3.05, 3.63) is 52.8 Å². The van der Waals surface area contributed by atoms with Crippen molar-refractivity contribution in [1.29, 1.82) is 0 Å². The average Bonchev–Trinajstić information content (AvgIpc) is 3.30. The molecular formula is C19H22F3N3O. The van der Waals surface area contributed by atoms with Crippen molar-refractivity contribution in [1.82, 2.24) is 15.5 Å². The molecule has 2 aromatic rings. The van der Waals surface area contributed by atoms with E-state index < -0.39 is 17.3 Å². The summed E-state index contributed by atoms with van der Waals surface area (Å²) >= 11 is 0. The molecule has 1 aliphatic carbocycles. The van der Waals surface area contributed by atoms with E-state index in [1.807, 2.05) is 13.0 Å². The molecule has 4 rings (SSSR count). The highest BCUT2D eigenvalue weighted by molar-refractivity contribution is 5.31. The number of nitrogens with zero attached hydrogens (tertiary/aromatic N) is 1. The minimum Gasteiger partial charge on any atom is -0.385 e. The summed E-state index contributed by atoms with van der Waals surface area (Å²) in [4.78, 5) is 0. The predicted octanol–water partition coefficient (Wildman–Crippen LogP) is 4.01. The minimum absolute atomic E-state index is 0.0220. The number of alkyl halides is 3. The van der Waals surface area contributed by atoms with E-state index in [4.69, 9.17) is 0 Å². The summed E-state index contributed by atoms with van der Waals surface area (Å²) < 4.78 is 38.4. The molecule has 2 fully saturated rings. The summed E-state index contributed by atoms with van der Waals surface area (Å²) in [6.07, 6.45) is -1.23. The van der Waals surface area contributed by atoms with Gasteiger partial charge < -0.3 is 10.4 Å². The first-order valence-electron chi connectivity index (χ1n) is 8.96. The Balaban J connectivity index is 1.58. The molecule has 1 unspecified atom stereocenters. The quantitative estimate of drug-likeness (QED) is 0.770. The van der Waals surface area contributed by atoms with E-state index in [0.29, 0.717) is 24.3 Å². The maximum Gasteiger partial charge on any atom is 0.416 e. The van der Waals surface area contributed by atoms with E-state index >= 15 is 0 Å². The Bertz CT molecular complexity index is 782. The van der Waals surface area contributed by atoms with Gasteiger partial charge in [0.2, 0.25) is 0 Å². The molecule has 140 valence electrons. The molecule has 4 nitrogen and oxygen atoms in total. The van der Waals surface area contributed by atoms with E-state index in [1.165, 1.54) is 12.1 Å². The SMILES string of the molecule is C[C@H]1CC(O)(c2ccc(C(F)(F)F)cc2)C[C@@H](c2cc(C3CC3)n[nH]2)N1. The molecular weight excluding hydrogens is 343 g/mol. The van der Waals surface area contributed by atoms with E-state index in [1.54, 1.807) is 0 Å². The van der Waals surface area contributed by atoms with Crippen LogP contribution in [0.1, 0.15) is 67.1 Å². The molecule has 2 aliphatic rings. The second-order valence-electron chi connectivity index (χ2n) is 7.66. The Labute approximate surface area is 149 Å². The molecule has 1 aromatic heterocycles. The summed E-state index contributed by atoms with van der Waals surface area (Å²) in [6.45, 7) is 1.97. The lowest BCUT2D eigenvalue weighted by Crippen LogP contribution is -2.47.